The van der Waals surface area contributed by atoms with Crippen molar-refractivity contribution in [3.8, 4) is 0 Å². The molecule has 4 heterocycles. The van der Waals surface area contributed by atoms with Crippen LogP contribution < -0.4 is 0 Å². The number of hydrogen-bond acceptors (Lipinski definition) is 3. The molecule has 2 aromatic rings. The molecule has 0 aliphatic carbocycles. The summed E-state index contributed by atoms with van der Waals surface area (Å²) in [5, 5.41) is 0. The minimum atomic E-state index is 0.0441. The van der Waals surface area contributed by atoms with Crippen LogP contribution in [0.25, 0.3) is 11.2 Å². The van der Waals surface area contributed by atoms with Crippen LogP contribution in [0.5, 0.6) is 0 Å². The number of pyridine rings is 1. The molecule has 31 heavy (non-hydrogen) atoms. The Morgan fingerprint density at radius 1 is 1.26 bits per heavy atom. The molecule has 1 fully saturated rings. The lowest BCUT2D eigenvalue weighted by Crippen LogP contribution is -2.34. The van der Waals surface area contributed by atoms with Gasteiger partial charge in [0.15, 0.2) is 0 Å². The van der Waals surface area contributed by atoms with Gasteiger partial charge < -0.3 is 14.2 Å². The summed E-state index contributed by atoms with van der Waals surface area (Å²) in [7, 11) is 2.17. The number of amides is 1. The van der Waals surface area contributed by atoms with E-state index in [-0.39, 0.29) is 11.9 Å². The molecule has 2 aliphatic heterocycles. The van der Waals surface area contributed by atoms with Crippen LogP contribution in [0.1, 0.15) is 50.4 Å². The molecule has 5 heteroatoms. The predicted octanol–water partition coefficient (Wildman–Crippen LogP) is 4.62. The zero-order chi connectivity index (χ0) is 22.1. The van der Waals surface area contributed by atoms with Crippen molar-refractivity contribution >= 4 is 17.1 Å². The van der Waals surface area contributed by atoms with Crippen molar-refractivity contribution < 1.29 is 4.79 Å². The van der Waals surface area contributed by atoms with Crippen LogP contribution in [-0.2, 0) is 11.2 Å². The Kier molecular flexibility index (Phi) is 6.15. The van der Waals surface area contributed by atoms with Crippen molar-refractivity contribution in [1.82, 2.24) is 19.2 Å². The Morgan fingerprint density at radius 3 is 2.71 bits per heavy atom. The highest BCUT2D eigenvalue weighted by Crippen LogP contribution is 2.27. The van der Waals surface area contributed by atoms with E-state index in [1.165, 1.54) is 11.1 Å². The molecule has 5 nitrogen and oxygen atoms in total. The number of carbonyl (C=O) groups excluding carboxylic acids is 1. The lowest BCUT2D eigenvalue weighted by molar-refractivity contribution is -0.124. The number of piperidine rings is 1. The number of rotatable bonds is 4. The maximum atomic E-state index is 13.2. The molecule has 0 aromatic carbocycles. The standard InChI is InChI=1S/C26H34N4O/c1-6-21-14-24(16-29-15-19(3)27-26(21)29)23-8-7-20(4)30(17-23)25(31)13-18(2)22-9-11-28(5)12-10-22/h7-8,13-17,20,22H,6,9-12H2,1-5H3/b18-13+. The van der Waals surface area contributed by atoms with Crippen LogP contribution in [0.2, 0.25) is 0 Å². The van der Waals surface area contributed by atoms with Gasteiger partial charge in [-0.15, -0.1) is 0 Å². The van der Waals surface area contributed by atoms with E-state index in [4.69, 9.17) is 0 Å². The van der Waals surface area contributed by atoms with E-state index in [1.54, 1.807) is 0 Å². The lowest BCUT2D eigenvalue weighted by Gasteiger charge is -2.30. The quantitative estimate of drug-likeness (QED) is 0.680. The Bertz CT molecular complexity index is 1070. The van der Waals surface area contributed by atoms with Gasteiger partial charge in [-0.2, -0.15) is 0 Å². The third kappa shape index (κ3) is 4.52. The fourth-order valence-electron chi connectivity index (χ4n) is 4.64. The molecule has 0 saturated carbocycles. The van der Waals surface area contributed by atoms with Crippen LogP contribution >= 0.6 is 0 Å². The normalized spacial score (nSPS) is 21.1. The predicted molar refractivity (Wildman–Crippen MR) is 127 cm³/mol. The zero-order valence-electron chi connectivity index (χ0n) is 19.4. The molecule has 0 spiro atoms. The van der Waals surface area contributed by atoms with Gasteiger partial charge in [0.05, 0.1) is 11.7 Å². The van der Waals surface area contributed by atoms with E-state index in [9.17, 15) is 4.79 Å². The maximum Gasteiger partial charge on any atom is 0.251 e. The highest BCUT2D eigenvalue weighted by atomic mass is 16.2. The average molecular weight is 419 g/mol. The first kappa shape index (κ1) is 21.6. The van der Waals surface area contributed by atoms with Crippen LogP contribution in [0.4, 0.5) is 0 Å². The van der Waals surface area contributed by atoms with E-state index in [0.717, 1.165) is 54.8 Å². The molecule has 0 bridgehead atoms. The van der Waals surface area contributed by atoms with Gasteiger partial charge in [0, 0.05) is 30.2 Å². The first-order valence-corrected chi connectivity index (χ1v) is 11.4. The summed E-state index contributed by atoms with van der Waals surface area (Å²) in [6.45, 7) is 10.6. The Morgan fingerprint density at radius 2 is 2.00 bits per heavy atom. The second-order valence-corrected chi connectivity index (χ2v) is 9.12. The first-order valence-electron chi connectivity index (χ1n) is 11.4. The lowest BCUT2D eigenvalue weighted by atomic mass is 9.90. The summed E-state index contributed by atoms with van der Waals surface area (Å²) in [6.07, 6.45) is 15.5. The molecular weight excluding hydrogens is 384 g/mol. The van der Waals surface area contributed by atoms with Gasteiger partial charge >= 0.3 is 0 Å². The van der Waals surface area contributed by atoms with Crippen molar-refractivity contribution in [2.45, 2.75) is 53.0 Å². The van der Waals surface area contributed by atoms with Crippen molar-refractivity contribution in [2.24, 2.45) is 5.92 Å². The number of aryl methyl sites for hydroxylation is 2. The molecule has 4 rings (SSSR count). The van der Waals surface area contributed by atoms with E-state index >= 15 is 0 Å². The fourth-order valence-corrected chi connectivity index (χ4v) is 4.64. The van der Waals surface area contributed by atoms with Crippen molar-refractivity contribution in [1.29, 1.82) is 0 Å². The summed E-state index contributed by atoms with van der Waals surface area (Å²) in [5.74, 6) is 0.583. The van der Waals surface area contributed by atoms with Gasteiger partial charge in [0.2, 0.25) is 0 Å². The minimum Gasteiger partial charge on any atom is -0.308 e. The van der Waals surface area contributed by atoms with E-state index in [2.05, 4.69) is 72.7 Å². The van der Waals surface area contributed by atoms with Crippen molar-refractivity contribution in [3.63, 3.8) is 0 Å². The molecule has 2 aliphatic rings. The summed E-state index contributed by atoms with van der Waals surface area (Å²) in [6, 6.07) is 2.25. The van der Waals surface area contributed by atoms with Gasteiger partial charge in [0.25, 0.3) is 5.91 Å². The Hall–Kier alpha value is -2.66. The maximum absolute atomic E-state index is 13.2. The zero-order valence-corrected chi connectivity index (χ0v) is 19.4. The number of aromatic nitrogens is 2. The molecule has 164 valence electrons. The van der Waals surface area contributed by atoms with E-state index in [1.807, 2.05) is 24.1 Å². The second-order valence-electron chi connectivity index (χ2n) is 9.12. The van der Waals surface area contributed by atoms with Crippen LogP contribution in [0.3, 0.4) is 0 Å². The number of fused-ring (bicyclic) bond motifs is 1. The van der Waals surface area contributed by atoms with Crippen LogP contribution in [-0.4, -0.2) is 51.3 Å². The molecule has 1 amide bonds. The van der Waals surface area contributed by atoms with Crippen molar-refractivity contribution in [2.75, 3.05) is 20.1 Å². The summed E-state index contributed by atoms with van der Waals surface area (Å²) >= 11 is 0. The van der Waals surface area contributed by atoms with Gasteiger partial charge in [-0.05, 0) is 83.3 Å². The number of nitrogens with zero attached hydrogens (tertiary/aromatic N) is 4. The molecule has 2 aromatic heterocycles. The number of imidazole rings is 1. The minimum absolute atomic E-state index is 0.0441. The van der Waals surface area contributed by atoms with E-state index < -0.39 is 0 Å². The largest absolute Gasteiger partial charge is 0.308 e. The van der Waals surface area contributed by atoms with Crippen molar-refractivity contribution in [3.05, 3.63) is 65.3 Å². The number of hydrogen-bond donors (Lipinski definition) is 0. The highest BCUT2D eigenvalue weighted by molar-refractivity contribution is 5.92. The third-order valence-electron chi connectivity index (χ3n) is 6.70. The smallest absolute Gasteiger partial charge is 0.251 e. The third-order valence-corrected chi connectivity index (χ3v) is 6.70. The number of likely N-dealkylation sites (tertiary alicyclic amines) is 1. The van der Waals surface area contributed by atoms with Gasteiger partial charge in [0.1, 0.15) is 5.65 Å². The topological polar surface area (TPSA) is 40.9 Å². The van der Waals surface area contributed by atoms with Gasteiger partial charge in [-0.3, -0.25) is 4.79 Å². The Labute approximate surface area is 185 Å². The Balaban J connectivity index is 1.61. The fraction of sp³-hybridized carbons (Fsp3) is 0.462. The molecule has 1 atom stereocenters. The second kappa shape index (κ2) is 8.83. The molecule has 0 N–H and O–H groups in total. The SMILES string of the molecule is CCc1cc(C2=CN(C(=O)/C=C(\C)C3CCN(C)CC3)C(C)C=C2)cn2cc(C)nc12. The molecule has 1 saturated heterocycles. The summed E-state index contributed by atoms with van der Waals surface area (Å²) in [5.41, 5.74) is 6.62. The molecule has 0 radical (unpaired) electrons. The molecule has 1 unspecified atom stereocenters. The summed E-state index contributed by atoms with van der Waals surface area (Å²) in [4.78, 5) is 22.1. The first-order chi connectivity index (χ1) is 14.9. The highest BCUT2D eigenvalue weighted by Gasteiger charge is 2.23. The van der Waals surface area contributed by atoms with Crippen LogP contribution in [0, 0.1) is 12.8 Å². The van der Waals surface area contributed by atoms with E-state index in [0.29, 0.717) is 5.92 Å². The number of carbonyl (C=O) groups is 1. The summed E-state index contributed by atoms with van der Waals surface area (Å²) < 4.78 is 2.10. The monoisotopic (exact) mass is 418 g/mol. The number of allylic oxidation sites excluding steroid dienone is 3. The molecular formula is C26H34N4O. The van der Waals surface area contributed by atoms with Gasteiger partial charge in [-0.1, -0.05) is 24.6 Å². The van der Waals surface area contributed by atoms with Gasteiger partial charge in [-0.25, -0.2) is 4.98 Å². The average Bonchev–Trinajstić information content (AvgIpc) is 3.13. The van der Waals surface area contributed by atoms with Crippen LogP contribution in [0.15, 0.2) is 48.5 Å².